The molecule has 1 saturated carbocycles. The molecule has 2 aliphatic rings. The Bertz CT molecular complexity index is 445. The van der Waals surface area contributed by atoms with Crippen LogP contribution in [-0.4, -0.2) is 30.6 Å². The number of hydrogen-bond donors (Lipinski definition) is 1. The van der Waals surface area contributed by atoms with E-state index in [9.17, 15) is 0 Å². The summed E-state index contributed by atoms with van der Waals surface area (Å²) >= 11 is 0. The van der Waals surface area contributed by atoms with E-state index in [1.807, 2.05) is 0 Å². The molecule has 1 aromatic rings. The van der Waals surface area contributed by atoms with Crippen LogP contribution in [0.25, 0.3) is 0 Å². The third-order valence-corrected chi connectivity index (χ3v) is 5.06. The smallest absolute Gasteiger partial charge is 0.119 e. The van der Waals surface area contributed by atoms with E-state index < -0.39 is 0 Å². The fourth-order valence-corrected chi connectivity index (χ4v) is 4.06. The lowest BCUT2D eigenvalue weighted by Crippen LogP contribution is -2.32. The van der Waals surface area contributed by atoms with E-state index in [0.717, 1.165) is 17.6 Å². The minimum Gasteiger partial charge on any atom is -0.491 e. The fraction of sp³-hybridized carbons (Fsp3) is 0.667. The van der Waals surface area contributed by atoms with Gasteiger partial charge in [-0.15, -0.1) is 0 Å². The van der Waals surface area contributed by atoms with Crippen LogP contribution in [0.15, 0.2) is 24.3 Å². The van der Waals surface area contributed by atoms with E-state index >= 15 is 0 Å². The summed E-state index contributed by atoms with van der Waals surface area (Å²) in [6, 6.07) is 8.89. The lowest BCUT2D eigenvalue weighted by atomic mass is 10.0. The van der Waals surface area contributed by atoms with Gasteiger partial charge in [0.15, 0.2) is 0 Å². The Morgan fingerprint density at radius 3 is 2.29 bits per heavy atom. The zero-order valence-corrected chi connectivity index (χ0v) is 13.3. The van der Waals surface area contributed by atoms with Crippen molar-refractivity contribution in [3.8, 4) is 5.75 Å². The summed E-state index contributed by atoms with van der Waals surface area (Å²) < 4.78 is 5.72. The molecule has 0 radical (unpaired) electrons. The number of likely N-dealkylation sites (tertiary alicyclic amines) is 1. The van der Waals surface area contributed by atoms with Crippen molar-refractivity contribution in [3.63, 3.8) is 0 Å². The quantitative estimate of drug-likeness (QED) is 0.904. The Balaban J connectivity index is 1.68. The van der Waals surface area contributed by atoms with Crippen molar-refractivity contribution in [1.82, 2.24) is 4.90 Å². The third kappa shape index (κ3) is 3.24. The molecule has 3 unspecified atom stereocenters. The second-order valence-corrected chi connectivity index (χ2v) is 6.89. The molecule has 3 heteroatoms. The number of ether oxygens (including phenoxy) is 1. The normalized spacial score (nSPS) is 27.0. The van der Waals surface area contributed by atoms with E-state index in [1.165, 1.54) is 37.9 Å². The first-order valence-electron chi connectivity index (χ1n) is 8.38. The monoisotopic (exact) mass is 288 g/mol. The van der Waals surface area contributed by atoms with Gasteiger partial charge in [-0.3, -0.25) is 4.90 Å². The molecule has 3 nitrogen and oxygen atoms in total. The number of benzene rings is 1. The summed E-state index contributed by atoms with van der Waals surface area (Å²) in [6.45, 7) is 7.27. The highest BCUT2D eigenvalue weighted by Crippen LogP contribution is 2.40. The summed E-state index contributed by atoms with van der Waals surface area (Å²) in [6.07, 6.45) is 4.48. The minimum absolute atomic E-state index is 0.221. The molecule has 0 bridgehead atoms. The highest BCUT2D eigenvalue weighted by atomic mass is 16.5. The second-order valence-electron chi connectivity index (χ2n) is 6.89. The minimum atomic E-state index is 0.221. The maximum absolute atomic E-state index is 6.08. The van der Waals surface area contributed by atoms with Crippen molar-refractivity contribution in [1.29, 1.82) is 0 Å². The summed E-state index contributed by atoms with van der Waals surface area (Å²) in [5.41, 5.74) is 7.41. The Morgan fingerprint density at radius 2 is 1.76 bits per heavy atom. The van der Waals surface area contributed by atoms with Crippen molar-refractivity contribution < 1.29 is 4.74 Å². The molecule has 2 fully saturated rings. The molecule has 0 amide bonds. The molecular weight excluding hydrogens is 260 g/mol. The lowest BCUT2D eigenvalue weighted by Gasteiger charge is -2.28. The van der Waals surface area contributed by atoms with Crippen LogP contribution in [0.3, 0.4) is 0 Å². The van der Waals surface area contributed by atoms with Crippen molar-refractivity contribution in [2.24, 2.45) is 17.6 Å². The van der Waals surface area contributed by atoms with Crippen LogP contribution in [0.4, 0.5) is 0 Å². The van der Waals surface area contributed by atoms with E-state index in [0.29, 0.717) is 12.6 Å². The molecule has 116 valence electrons. The van der Waals surface area contributed by atoms with Crippen molar-refractivity contribution in [2.75, 3.05) is 19.6 Å². The zero-order chi connectivity index (χ0) is 14.8. The van der Waals surface area contributed by atoms with Crippen LogP contribution in [0.5, 0.6) is 5.75 Å². The van der Waals surface area contributed by atoms with Crippen LogP contribution < -0.4 is 10.5 Å². The van der Waals surface area contributed by atoms with Gasteiger partial charge in [0, 0.05) is 25.7 Å². The molecule has 1 aromatic carbocycles. The van der Waals surface area contributed by atoms with E-state index in [-0.39, 0.29) is 6.10 Å². The molecule has 21 heavy (non-hydrogen) atoms. The largest absolute Gasteiger partial charge is 0.491 e. The Kier molecular flexibility index (Phi) is 4.51. The number of fused-ring (bicyclic) bond motifs is 1. The second kappa shape index (κ2) is 6.37. The maximum Gasteiger partial charge on any atom is 0.119 e. The first-order valence-corrected chi connectivity index (χ1v) is 8.38. The average Bonchev–Trinajstić information content (AvgIpc) is 3.02. The van der Waals surface area contributed by atoms with Gasteiger partial charge in [0.25, 0.3) is 0 Å². The fourth-order valence-electron chi connectivity index (χ4n) is 4.06. The molecule has 0 aromatic heterocycles. The summed E-state index contributed by atoms with van der Waals surface area (Å²) in [5, 5.41) is 0. The standard InChI is InChI=1S/C18H28N2O/c1-13(2)21-17-8-6-14(7-9-17)18(10-19)20-11-15-4-3-5-16(15)12-20/h6-9,13,15-16,18H,3-5,10-12,19H2,1-2H3. The Hall–Kier alpha value is -1.06. The van der Waals surface area contributed by atoms with Gasteiger partial charge in [-0.2, -0.15) is 0 Å². The van der Waals surface area contributed by atoms with E-state index in [1.54, 1.807) is 0 Å². The first kappa shape index (κ1) is 14.9. The molecule has 1 aliphatic heterocycles. The van der Waals surface area contributed by atoms with Gasteiger partial charge >= 0.3 is 0 Å². The van der Waals surface area contributed by atoms with Crippen LogP contribution >= 0.6 is 0 Å². The first-order chi connectivity index (χ1) is 10.2. The van der Waals surface area contributed by atoms with Gasteiger partial charge in [0.05, 0.1) is 6.10 Å². The van der Waals surface area contributed by atoms with Crippen LogP contribution in [0, 0.1) is 11.8 Å². The van der Waals surface area contributed by atoms with Gasteiger partial charge in [-0.05, 0) is 56.2 Å². The molecule has 3 rings (SSSR count). The zero-order valence-electron chi connectivity index (χ0n) is 13.3. The van der Waals surface area contributed by atoms with Crippen LogP contribution in [0.2, 0.25) is 0 Å². The molecule has 0 spiro atoms. The van der Waals surface area contributed by atoms with Crippen LogP contribution in [-0.2, 0) is 0 Å². The number of nitrogens with two attached hydrogens (primary N) is 1. The summed E-state index contributed by atoms with van der Waals surface area (Å²) in [7, 11) is 0. The van der Waals surface area contributed by atoms with Gasteiger partial charge in [0.1, 0.15) is 5.75 Å². The molecule has 3 atom stereocenters. The molecule has 2 N–H and O–H groups in total. The highest BCUT2D eigenvalue weighted by Gasteiger charge is 2.38. The molecular formula is C18H28N2O. The van der Waals surface area contributed by atoms with E-state index in [4.69, 9.17) is 10.5 Å². The van der Waals surface area contributed by atoms with Crippen molar-refractivity contribution >= 4 is 0 Å². The van der Waals surface area contributed by atoms with Crippen molar-refractivity contribution in [3.05, 3.63) is 29.8 Å². The predicted molar refractivity (Wildman–Crippen MR) is 86.4 cm³/mol. The van der Waals surface area contributed by atoms with Crippen molar-refractivity contribution in [2.45, 2.75) is 45.3 Å². The predicted octanol–water partition coefficient (Wildman–Crippen LogP) is 3.21. The van der Waals surface area contributed by atoms with Gasteiger partial charge < -0.3 is 10.5 Å². The van der Waals surface area contributed by atoms with E-state index in [2.05, 4.69) is 43.0 Å². The highest BCUT2D eigenvalue weighted by molar-refractivity contribution is 5.29. The molecule has 1 aliphatic carbocycles. The Labute approximate surface area is 128 Å². The number of hydrogen-bond acceptors (Lipinski definition) is 3. The van der Waals surface area contributed by atoms with Crippen LogP contribution in [0.1, 0.15) is 44.7 Å². The van der Waals surface area contributed by atoms with Gasteiger partial charge in [-0.25, -0.2) is 0 Å². The Morgan fingerprint density at radius 1 is 1.14 bits per heavy atom. The SMILES string of the molecule is CC(C)Oc1ccc(C(CN)N2CC3CCCC3C2)cc1. The lowest BCUT2D eigenvalue weighted by molar-refractivity contribution is 0.230. The third-order valence-electron chi connectivity index (χ3n) is 5.06. The maximum atomic E-state index is 6.08. The topological polar surface area (TPSA) is 38.5 Å². The average molecular weight is 288 g/mol. The number of rotatable bonds is 5. The molecule has 1 heterocycles. The van der Waals surface area contributed by atoms with Gasteiger partial charge in [-0.1, -0.05) is 18.6 Å². The summed E-state index contributed by atoms with van der Waals surface area (Å²) in [5.74, 6) is 2.79. The molecule has 1 saturated heterocycles. The number of nitrogens with zero attached hydrogens (tertiary/aromatic N) is 1. The van der Waals surface area contributed by atoms with Gasteiger partial charge in [0.2, 0.25) is 0 Å². The summed E-state index contributed by atoms with van der Waals surface area (Å²) in [4.78, 5) is 2.60.